The van der Waals surface area contributed by atoms with Crippen LogP contribution in [0.25, 0.3) is 12.2 Å². The zero-order valence-electron chi connectivity index (χ0n) is 14.6. The molecule has 0 radical (unpaired) electrons. The Morgan fingerprint density at radius 1 is 1.36 bits per heavy atom. The standard InChI is InChI=1S/C20H21NO4/c1-12-4-9-17-16(10-12)19(22)18(20(23)25-17)13(2)21-11-14-5-7-15(24-3)8-6-14/h5-10,12,22H,4,11H2,1-3H3. The molecule has 1 atom stereocenters. The van der Waals surface area contributed by atoms with Crippen molar-refractivity contribution >= 4 is 17.9 Å². The van der Waals surface area contributed by atoms with Crippen molar-refractivity contribution in [2.24, 2.45) is 10.9 Å². The molecule has 1 heterocycles. The van der Waals surface area contributed by atoms with Crippen LogP contribution in [0.2, 0.25) is 0 Å². The largest absolute Gasteiger partial charge is 0.506 e. The fourth-order valence-electron chi connectivity index (χ4n) is 2.85. The summed E-state index contributed by atoms with van der Waals surface area (Å²) in [5, 5.41) is 11.1. The fraction of sp³-hybridized carbons (Fsp3) is 0.300. The SMILES string of the molecule is COc1ccc(CN=C(C)c2c(O)c3c(oc2=O)=CCC(C)C=3)cc1. The van der Waals surface area contributed by atoms with Gasteiger partial charge in [0.25, 0.3) is 0 Å². The molecule has 1 unspecified atom stereocenters. The number of ether oxygens (including phenoxy) is 1. The van der Waals surface area contributed by atoms with E-state index in [2.05, 4.69) is 4.99 Å². The maximum atomic E-state index is 12.3. The molecule has 25 heavy (non-hydrogen) atoms. The average Bonchev–Trinajstić information content (AvgIpc) is 2.61. The Morgan fingerprint density at radius 2 is 2.08 bits per heavy atom. The van der Waals surface area contributed by atoms with E-state index in [1.54, 1.807) is 14.0 Å². The molecule has 0 fully saturated rings. The lowest BCUT2D eigenvalue weighted by Crippen LogP contribution is -2.35. The molecule has 0 bridgehead atoms. The number of hydrogen-bond donors (Lipinski definition) is 1. The fourth-order valence-corrected chi connectivity index (χ4v) is 2.85. The van der Waals surface area contributed by atoms with E-state index in [9.17, 15) is 9.90 Å². The lowest BCUT2D eigenvalue weighted by molar-refractivity contribution is 0.414. The normalized spacial score (nSPS) is 16.6. The second-order valence-electron chi connectivity index (χ2n) is 6.22. The third kappa shape index (κ3) is 3.50. The van der Waals surface area contributed by atoms with Crippen LogP contribution < -0.4 is 21.0 Å². The van der Waals surface area contributed by atoms with Gasteiger partial charge in [-0.15, -0.1) is 0 Å². The van der Waals surface area contributed by atoms with Crippen molar-refractivity contribution in [3.63, 3.8) is 0 Å². The van der Waals surface area contributed by atoms with E-state index in [4.69, 9.17) is 9.15 Å². The average molecular weight is 339 g/mol. The number of nitrogens with zero attached hydrogens (tertiary/aromatic N) is 1. The summed E-state index contributed by atoms with van der Waals surface area (Å²) in [6, 6.07) is 7.54. The molecule has 5 heteroatoms. The summed E-state index contributed by atoms with van der Waals surface area (Å²) in [7, 11) is 1.62. The molecule has 1 N–H and O–H groups in total. The van der Waals surface area contributed by atoms with Gasteiger partial charge >= 0.3 is 5.63 Å². The van der Waals surface area contributed by atoms with E-state index in [1.807, 2.05) is 43.3 Å². The van der Waals surface area contributed by atoms with Gasteiger partial charge in [0.2, 0.25) is 0 Å². The maximum Gasteiger partial charge on any atom is 0.349 e. The Bertz CT molecular complexity index is 984. The molecule has 1 aliphatic rings. The number of aromatic hydroxyl groups is 1. The maximum absolute atomic E-state index is 12.3. The minimum atomic E-state index is -0.563. The third-order valence-electron chi connectivity index (χ3n) is 4.31. The molecular formula is C20H21NO4. The molecule has 5 nitrogen and oxygen atoms in total. The minimum Gasteiger partial charge on any atom is -0.506 e. The quantitative estimate of drug-likeness (QED) is 0.865. The Kier molecular flexibility index (Phi) is 4.74. The summed E-state index contributed by atoms with van der Waals surface area (Å²) in [4.78, 5) is 16.7. The number of benzene rings is 1. The molecular weight excluding hydrogens is 318 g/mol. The summed E-state index contributed by atoms with van der Waals surface area (Å²) in [6.45, 7) is 4.16. The van der Waals surface area contributed by atoms with Gasteiger partial charge in [-0.25, -0.2) is 4.79 Å². The monoisotopic (exact) mass is 339 g/mol. The molecule has 0 spiro atoms. The van der Waals surface area contributed by atoms with Crippen LogP contribution in [0.3, 0.4) is 0 Å². The van der Waals surface area contributed by atoms with Crippen molar-refractivity contribution in [2.75, 3.05) is 7.11 Å². The molecule has 0 saturated carbocycles. The molecule has 1 aliphatic carbocycles. The van der Waals surface area contributed by atoms with Crippen LogP contribution in [0.5, 0.6) is 11.5 Å². The minimum absolute atomic E-state index is 0.0509. The predicted octanol–water partition coefficient (Wildman–Crippen LogP) is 1.96. The van der Waals surface area contributed by atoms with Gasteiger partial charge in [-0.05, 0) is 43.0 Å². The number of aliphatic imine (C=N–C) groups is 1. The van der Waals surface area contributed by atoms with Crippen molar-refractivity contribution in [3.8, 4) is 11.5 Å². The van der Waals surface area contributed by atoms with Gasteiger partial charge in [0.15, 0.2) is 0 Å². The molecule has 1 aromatic heterocycles. The van der Waals surface area contributed by atoms with Crippen LogP contribution >= 0.6 is 0 Å². The first-order chi connectivity index (χ1) is 12.0. The highest BCUT2D eigenvalue weighted by atomic mass is 16.5. The second kappa shape index (κ2) is 6.97. The van der Waals surface area contributed by atoms with Gasteiger partial charge in [-0.3, -0.25) is 4.99 Å². The zero-order valence-corrected chi connectivity index (χ0v) is 14.6. The second-order valence-corrected chi connectivity index (χ2v) is 6.22. The van der Waals surface area contributed by atoms with Crippen molar-refractivity contribution in [3.05, 3.63) is 56.4 Å². The first-order valence-corrected chi connectivity index (χ1v) is 8.22. The number of rotatable bonds is 4. The van der Waals surface area contributed by atoms with Crippen LogP contribution in [0.15, 0.2) is 38.5 Å². The lowest BCUT2D eigenvalue weighted by atomic mass is 10.00. The van der Waals surface area contributed by atoms with E-state index in [1.165, 1.54) is 0 Å². The molecule has 1 aromatic carbocycles. The molecule has 0 amide bonds. The summed E-state index contributed by atoms with van der Waals surface area (Å²) in [5.74, 6) is 1.01. The Labute approximate surface area is 145 Å². The summed E-state index contributed by atoms with van der Waals surface area (Å²) >= 11 is 0. The van der Waals surface area contributed by atoms with Gasteiger partial charge in [-0.1, -0.05) is 25.1 Å². The van der Waals surface area contributed by atoms with Gasteiger partial charge in [0.05, 0.1) is 24.6 Å². The van der Waals surface area contributed by atoms with Gasteiger partial charge in [-0.2, -0.15) is 0 Å². The summed E-state index contributed by atoms with van der Waals surface area (Å²) in [5.41, 5.74) is 1.44. The van der Waals surface area contributed by atoms with Gasteiger partial charge < -0.3 is 14.3 Å². The van der Waals surface area contributed by atoms with Crippen molar-refractivity contribution in [1.82, 2.24) is 0 Å². The predicted molar refractivity (Wildman–Crippen MR) is 97.5 cm³/mol. The lowest BCUT2D eigenvalue weighted by Gasteiger charge is -2.10. The van der Waals surface area contributed by atoms with E-state index in [-0.39, 0.29) is 17.2 Å². The smallest absolute Gasteiger partial charge is 0.349 e. The number of methoxy groups -OCH3 is 1. The van der Waals surface area contributed by atoms with E-state index in [0.29, 0.717) is 22.9 Å². The van der Waals surface area contributed by atoms with Crippen LogP contribution in [-0.2, 0) is 6.54 Å². The zero-order chi connectivity index (χ0) is 18.0. The summed E-state index contributed by atoms with van der Waals surface area (Å²) in [6.07, 6.45) is 4.56. The highest BCUT2D eigenvalue weighted by Gasteiger charge is 2.17. The van der Waals surface area contributed by atoms with Crippen molar-refractivity contribution < 1.29 is 14.3 Å². The first-order valence-electron chi connectivity index (χ1n) is 8.22. The van der Waals surface area contributed by atoms with Crippen LogP contribution in [0.1, 0.15) is 31.4 Å². The Morgan fingerprint density at radius 3 is 2.76 bits per heavy atom. The van der Waals surface area contributed by atoms with Crippen molar-refractivity contribution in [2.45, 2.75) is 26.8 Å². The van der Waals surface area contributed by atoms with Gasteiger partial charge in [0, 0.05) is 0 Å². The molecule has 130 valence electrons. The van der Waals surface area contributed by atoms with E-state index in [0.717, 1.165) is 17.7 Å². The van der Waals surface area contributed by atoms with Crippen molar-refractivity contribution in [1.29, 1.82) is 0 Å². The van der Waals surface area contributed by atoms with E-state index >= 15 is 0 Å². The van der Waals surface area contributed by atoms with E-state index < -0.39 is 5.63 Å². The number of fused-ring (bicyclic) bond motifs is 1. The highest BCUT2D eigenvalue weighted by molar-refractivity contribution is 6.00. The molecule has 2 aromatic rings. The van der Waals surface area contributed by atoms with Crippen LogP contribution in [-0.4, -0.2) is 17.9 Å². The molecule has 3 rings (SSSR count). The number of hydrogen-bond acceptors (Lipinski definition) is 5. The van der Waals surface area contributed by atoms with Crippen LogP contribution in [0, 0.1) is 5.92 Å². The Hall–Kier alpha value is -2.82. The highest BCUT2D eigenvalue weighted by Crippen LogP contribution is 2.14. The molecule has 0 aliphatic heterocycles. The first kappa shape index (κ1) is 17.0. The van der Waals surface area contributed by atoms with Gasteiger partial charge in [0.1, 0.15) is 22.5 Å². The third-order valence-corrected chi connectivity index (χ3v) is 4.31. The Balaban J connectivity index is 1.97. The van der Waals surface area contributed by atoms with Crippen LogP contribution in [0.4, 0.5) is 0 Å². The summed E-state index contributed by atoms with van der Waals surface area (Å²) < 4.78 is 10.5. The molecule has 0 saturated heterocycles. The topological polar surface area (TPSA) is 72.0 Å².